The number of ether oxygens (including phenoxy) is 1. The lowest BCUT2D eigenvalue weighted by Crippen LogP contribution is -2.26. The normalized spacial score (nSPS) is 25.1. The van der Waals surface area contributed by atoms with Gasteiger partial charge in [-0.1, -0.05) is 0 Å². The van der Waals surface area contributed by atoms with Crippen LogP contribution in [0.15, 0.2) is 12.5 Å². The minimum atomic E-state index is 0.567. The van der Waals surface area contributed by atoms with Crippen LogP contribution in [0.1, 0.15) is 37.4 Å². The summed E-state index contributed by atoms with van der Waals surface area (Å²) < 4.78 is 8.02. The van der Waals surface area contributed by atoms with E-state index >= 15 is 0 Å². The van der Waals surface area contributed by atoms with Gasteiger partial charge < -0.3 is 14.6 Å². The fourth-order valence-electron chi connectivity index (χ4n) is 2.33. The third kappa shape index (κ3) is 2.28. The van der Waals surface area contributed by atoms with Gasteiger partial charge in [0.1, 0.15) is 0 Å². The molecule has 1 aromatic heterocycles. The Morgan fingerprint density at radius 3 is 3.12 bits per heavy atom. The molecule has 4 nitrogen and oxygen atoms in total. The molecule has 1 N–H and O–H groups in total. The van der Waals surface area contributed by atoms with Crippen molar-refractivity contribution in [3.05, 3.63) is 18.2 Å². The van der Waals surface area contributed by atoms with Gasteiger partial charge in [0.05, 0.1) is 31.4 Å². The molecule has 1 saturated heterocycles. The fourth-order valence-corrected chi connectivity index (χ4v) is 2.33. The van der Waals surface area contributed by atoms with Crippen molar-refractivity contribution in [2.24, 2.45) is 0 Å². The standard InChI is InChI=1S/C12H19N3O/c1-2-10(14-5-1)7-16-8-12-6-13-9-15(12)11-3-4-11/h6,9-11,14H,1-5,7-8H2. The molecule has 2 heterocycles. The quantitative estimate of drug-likeness (QED) is 0.818. The summed E-state index contributed by atoms with van der Waals surface area (Å²) in [6.07, 6.45) is 9.00. The molecule has 0 radical (unpaired) electrons. The van der Waals surface area contributed by atoms with Gasteiger partial charge in [-0.3, -0.25) is 0 Å². The van der Waals surface area contributed by atoms with Gasteiger partial charge in [0, 0.05) is 12.1 Å². The Morgan fingerprint density at radius 2 is 2.38 bits per heavy atom. The first kappa shape index (κ1) is 10.3. The maximum atomic E-state index is 5.76. The zero-order valence-electron chi connectivity index (χ0n) is 9.56. The average Bonchev–Trinajstić information content (AvgIpc) is 2.82. The summed E-state index contributed by atoms with van der Waals surface area (Å²) in [5.41, 5.74) is 1.22. The van der Waals surface area contributed by atoms with Crippen LogP contribution >= 0.6 is 0 Å². The monoisotopic (exact) mass is 221 g/mol. The van der Waals surface area contributed by atoms with E-state index in [0.717, 1.165) is 13.2 Å². The Hall–Kier alpha value is -0.870. The minimum Gasteiger partial charge on any atom is -0.374 e. The molecule has 0 bridgehead atoms. The highest BCUT2D eigenvalue weighted by atomic mass is 16.5. The number of nitrogens with zero attached hydrogens (tertiary/aromatic N) is 2. The number of nitrogens with one attached hydrogen (secondary N) is 1. The third-order valence-corrected chi connectivity index (χ3v) is 3.42. The molecule has 2 fully saturated rings. The molecule has 1 atom stereocenters. The molecule has 1 aliphatic carbocycles. The Kier molecular flexibility index (Phi) is 2.93. The van der Waals surface area contributed by atoms with Crippen LogP contribution in [0.4, 0.5) is 0 Å². The third-order valence-electron chi connectivity index (χ3n) is 3.42. The smallest absolute Gasteiger partial charge is 0.0951 e. The van der Waals surface area contributed by atoms with E-state index in [9.17, 15) is 0 Å². The van der Waals surface area contributed by atoms with Gasteiger partial charge in [0.25, 0.3) is 0 Å². The average molecular weight is 221 g/mol. The van der Waals surface area contributed by atoms with Crippen LogP contribution in [0, 0.1) is 0 Å². The second kappa shape index (κ2) is 4.55. The van der Waals surface area contributed by atoms with E-state index in [-0.39, 0.29) is 0 Å². The van der Waals surface area contributed by atoms with E-state index in [4.69, 9.17) is 4.74 Å². The van der Waals surface area contributed by atoms with Crippen molar-refractivity contribution in [2.45, 2.75) is 44.4 Å². The largest absolute Gasteiger partial charge is 0.374 e. The van der Waals surface area contributed by atoms with Gasteiger partial charge in [-0.15, -0.1) is 0 Å². The Bertz CT molecular complexity index is 340. The van der Waals surface area contributed by atoms with Crippen molar-refractivity contribution < 1.29 is 4.74 Å². The molecular weight excluding hydrogens is 202 g/mol. The highest BCUT2D eigenvalue weighted by Crippen LogP contribution is 2.35. The highest BCUT2D eigenvalue weighted by molar-refractivity contribution is 5.02. The first-order chi connectivity index (χ1) is 7.93. The van der Waals surface area contributed by atoms with Crippen LogP contribution in [0.3, 0.4) is 0 Å². The number of imidazole rings is 1. The van der Waals surface area contributed by atoms with E-state index < -0.39 is 0 Å². The summed E-state index contributed by atoms with van der Waals surface area (Å²) in [7, 11) is 0. The molecule has 1 saturated carbocycles. The molecule has 2 aliphatic rings. The van der Waals surface area contributed by atoms with Gasteiger partial charge in [-0.25, -0.2) is 4.98 Å². The van der Waals surface area contributed by atoms with Crippen LogP contribution in [-0.4, -0.2) is 28.7 Å². The van der Waals surface area contributed by atoms with E-state index in [1.54, 1.807) is 0 Å². The molecule has 1 aliphatic heterocycles. The molecule has 0 aromatic carbocycles. The van der Waals surface area contributed by atoms with E-state index in [1.165, 1.54) is 31.4 Å². The van der Waals surface area contributed by atoms with E-state index in [0.29, 0.717) is 18.7 Å². The number of hydrogen-bond donors (Lipinski definition) is 1. The van der Waals surface area contributed by atoms with Crippen molar-refractivity contribution >= 4 is 0 Å². The Labute approximate surface area is 96.0 Å². The summed E-state index contributed by atoms with van der Waals surface area (Å²) in [6, 6.07) is 1.27. The van der Waals surface area contributed by atoms with E-state index in [1.807, 2.05) is 12.5 Å². The number of aromatic nitrogens is 2. The summed E-state index contributed by atoms with van der Waals surface area (Å²) in [6.45, 7) is 2.68. The molecule has 0 spiro atoms. The SMILES string of the molecule is c1ncn(C2CC2)c1COCC1CCCN1. The first-order valence-electron chi connectivity index (χ1n) is 6.25. The zero-order valence-corrected chi connectivity index (χ0v) is 9.56. The lowest BCUT2D eigenvalue weighted by molar-refractivity contribution is 0.0987. The topological polar surface area (TPSA) is 39.1 Å². The molecule has 0 amide bonds. The second-order valence-electron chi connectivity index (χ2n) is 4.83. The Morgan fingerprint density at radius 1 is 1.44 bits per heavy atom. The molecule has 3 rings (SSSR count). The van der Waals surface area contributed by atoms with Gasteiger partial charge in [-0.05, 0) is 32.2 Å². The van der Waals surface area contributed by atoms with Gasteiger partial charge in [-0.2, -0.15) is 0 Å². The predicted molar refractivity (Wildman–Crippen MR) is 61.2 cm³/mol. The zero-order chi connectivity index (χ0) is 10.8. The van der Waals surface area contributed by atoms with Gasteiger partial charge in [0.2, 0.25) is 0 Å². The molecule has 4 heteroatoms. The van der Waals surface area contributed by atoms with Crippen molar-refractivity contribution in [3.63, 3.8) is 0 Å². The lowest BCUT2D eigenvalue weighted by Gasteiger charge is -2.11. The summed E-state index contributed by atoms with van der Waals surface area (Å²) in [4.78, 5) is 4.20. The number of rotatable bonds is 5. The van der Waals surface area contributed by atoms with Crippen molar-refractivity contribution in [2.75, 3.05) is 13.2 Å². The predicted octanol–water partition coefficient (Wildman–Crippen LogP) is 1.49. The molecular formula is C12H19N3O. The minimum absolute atomic E-state index is 0.567. The lowest BCUT2D eigenvalue weighted by atomic mass is 10.2. The highest BCUT2D eigenvalue weighted by Gasteiger charge is 2.25. The van der Waals surface area contributed by atoms with Crippen LogP contribution in [0.5, 0.6) is 0 Å². The van der Waals surface area contributed by atoms with Crippen molar-refractivity contribution in [1.29, 1.82) is 0 Å². The van der Waals surface area contributed by atoms with Gasteiger partial charge >= 0.3 is 0 Å². The summed E-state index contributed by atoms with van der Waals surface area (Å²) in [5, 5.41) is 3.44. The Balaban J connectivity index is 1.48. The van der Waals surface area contributed by atoms with Crippen LogP contribution in [-0.2, 0) is 11.3 Å². The van der Waals surface area contributed by atoms with Crippen molar-refractivity contribution in [1.82, 2.24) is 14.9 Å². The van der Waals surface area contributed by atoms with Gasteiger partial charge in [0.15, 0.2) is 0 Å². The molecule has 1 unspecified atom stereocenters. The summed E-state index contributed by atoms with van der Waals surface area (Å²) in [5.74, 6) is 0. The maximum Gasteiger partial charge on any atom is 0.0951 e. The van der Waals surface area contributed by atoms with Crippen LogP contribution < -0.4 is 5.32 Å². The molecule has 88 valence electrons. The molecule has 16 heavy (non-hydrogen) atoms. The van der Waals surface area contributed by atoms with E-state index in [2.05, 4.69) is 14.9 Å². The fraction of sp³-hybridized carbons (Fsp3) is 0.750. The molecule has 1 aromatic rings. The van der Waals surface area contributed by atoms with Crippen LogP contribution in [0.2, 0.25) is 0 Å². The summed E-state index contributed by atoms with van der Waals surface area (Å²) >= 11 is 0. The first-order valence-corrected chi connectivity index (χ1v) is 6.25. The number of hydrogen-bond acceptors (Lipinski definition) is 3. The van der Waals surface area contributed by atoms with Crippen LogP contribution in [0.25, 0.3) is 0 Å². The second-order valence-corrected chi connectivity index (χ2v) is 4.83. The van der Waals surface area contributed by atoms with Crippen molar-refractivity contribution in [3.8, 4) is 0 Å². The maximum absolute atomic E-state index is 5.76.